The van der Waals surface area contributed by atoms with E-state index in [1.807, 2.05) is 36.1 Å². The Morgan fingerprint density at radius 1 is 1.04 bits per heavy atom. The fourth-order valence-electron chi connectivity index (χ4n) is 3.66. The molecule has 25 heavy (non-hydrogen) atoms. The molecule has 1 heterocycles. The second-order valence-electron chi connectivity index (χ2n) is 7.16. The van der Waals surface area contributed by atoms with Crippen LogP contribution >= 0.6 is 0 Å². The minimum atomic E-state index is -1.29. The van der Waals surface area contributed by atoms with Gasteiger partial charge in [0.05, 0.1) is 0 Å². The zero-order valence-electron chi connectivity index (χ0n) is 14.8. The van der Waals surface area contributed by atoms with Crippen molar-refractivity contribution in [2.45, 2.75) is 44.4 Å². The summed E-state index contributed by atoms with van der Waals surface area (Å²) in [6, 6.07) is 14.2. The van der Waals surface area contributed by atoms with Crippen LogP contribution in [0.4, 0.5) is 4.39 Å². The summed E-state index contributed by atoms with van der Waals surface area (Å²) in [7, 11) is 0. The molecule has 3 rings (SSSR count). The predicted molar refractivity (Wildman–Crippen MR) is 97.7 cm³/mol. The summed E-state index contributed by atoms with van der Waals surface area (Å²) in [5.41, 5.74) is 1.50. The Morgan fingerprint density at radius 3 is 2.28 bits per heavy atom. The van der Waals surface area contributed by atoms with Crippen LogP contribution in [-0.4, -0.2) is 40.0 Å². The zero-order chi connectivity index (χ0) is 18.0. The van der Waals surface area contributed by atoms with Crippen LogP contribution in [0.1, 0.15) is 38.2 Å². The molecule has 0 aromatic heterocycles. The van der Waals surface area contributed by atoms with Crippen molar-refractivity contribution in [1.29, 1.82) is 0 Å². The summed E-state index contributed by atoms with van der Waals surface area (Å²) < 4.78 is 13.3. The number of benzene rings is 2. The first-order valence-electron chi connectivity index (χ1n) is 8.90. The molecule has 3 atom stereocenters. The van der Waals surface area contributed by atoms with Gasteiger partial charge in [0, 0.05) is 19.0 Å². The average Bonchev–Trinajstić information content (AvgIpc) is 3.15. The van der Waals surface area contributed by atoms with Crippen LogP contribution in [0.2, 0.25) is 0 Å². The van der Waals surface area contributed by atoms with Crippen molar-refractivity contribution in [3.05, 3.63) is 59.9 Å². The Kier molecular flexibility index (Phi) is 5.23. The molecular weight excluding hydrogens is 317 g/mol. The Balaban J connectivity index is 1.93. The number of aliphatic hydroxyl groups is 2. The summed E-state index contributed by atoms with van der Waals surface area (Å²) in [4.78, 5) is 1.94. The SMILES string of the molecule is CC(c1ccccc1-c1ccc(F)cc1)C(C)(O)C(O)N1CCCC1. The summed E-state index contributed by atoms with van der Waals surface area (Å²) in [5.74, 6) is -0.560. The minimum Gasteiger partial charge on any atom is -0.385 e. The molecule has 1 aliphatic heterocycles. The van der Waals surface area contributed by atoms with Crippen LogP contribution in [0.25, 0.3) is 11.1 Å². The van der Waals surface area contributed by atoms with E-state index in [2.05, 4.69) is 0 Å². The fourth-order valence-corrected chi connectivity index (χ4v) is 3.66. The molecule has 0 aliphatic carbocycles. The van der Waals surface area contributed by atoms with Gasteiger partial charge in [-0.1, -0.05) is 43.3 Å². The Bertz CT molecular complexity index is 708. The van der Waals surface area contributed by atoms with Gasteiger partial charge < -0.3 is 10.2 Å². The van der Waals surface area contributed by atoms with Gasteiger partial charge in [0.2, 0.25) is 0 Å². The van der Waals surface area contributed by atoms with Gasteiger partial charge in [-0.2, -0.15) is 0 Å². The Hall–Kier alpha value is -1.75. The fraction of sp³-hybridized carbons (Fsp3) is 0.429. The van der Waals surface area contributed by atoms with Gasteiger partial charge in [0.15, 0.2) is 0 Å². The first-order valence-corrected chi connectivity index (χ1v) is 8.90. The van der Waals surface area contributed by atoms with Crippen molar-refractivity contribution in [3.63, 3.8) is 0 Å². The quantitative estimate of drug-likeness (QED) is 0.869. The maximum absolute atomic E-state index is 13.3. The second-order valence-corrected chi connectivity index (χ2v) is 7.16. The second kappa shape index (κ2) is 7.24. The summed E-state index contributed by atoms with van der Waals surface area (Å²) in [6.45, 7) is 5.25. The third kappa shape index (κ3) is 3.61. The molecule has 1 saturated heterocycles. The Morgan fingerprint density at radius 2 is 1.64 bits per heavy atom. The molecule has 1 aliphatic rings. The number of hydrogen-bond acceptors (Lipinski definition) is 3. The lowest BCUT2D eigenvalue weighted by atomic mass is 9.80. The molecule has 0 saturated carbocycles. The van der Waals surface area contributed by atoms with Gasteiger partial charge in [-0.15, -0.1) is 0 Å². The van der Waals surface area contributed by atoms with Crippen LogP contribution in [0, 0.1) is 5.82 Å². The highest BCUT2D eigenvalue weighted by molar-refractivity contribution is 5.68. The van der Waals surface area contributed by atoms with Gasteiger partial charge in [-0.25, -0.2) is 4.39 Å². The van der Waals surface area contributed by atoms with E-state index >= 15 is 0 Å². The molecule has 1 fully saturated rings. The van der Waals surface area contributed by atoms with Gasteiger partial charge in [-0.3, -0.25) is 4.90 Å². The summed E-state index contributed by atoms with van der Waals surface area (Å²) >= 11 is 0. The highest BCUT2D eigenvalue weighted by atomic mass is 19.1. The van der Waals surface area contributed by atoms with Crippen LogP contribution in [0.3, 0.4) is 0 Å². The molecule has 4 heteroatoms. The largest absolute Gasteiger partial charge is 0.385 e. The van der Waals surface area contributed by atoms with Crippen molar-refractivity contribution >= 4 is 0 Å². The molecule has 2 N–H and O–H groups in total. The van der Waals surface area contributed by atoms with Crippen LogP contribution in [-0.2, 0) is 0 Å². The molecule has 2 aromatic carbocycles. The van der Waals surface area contributed by atoms with Crippen molar-refractivity contribution in [2.75, 3.05) is 13.1 Å². The van der Waals surface area contributed by atoms with E-state index in [1.165, 1.54) is 12.1 Å². The predicted octanol–water partition coefficient (Wildman–Crippen LogP) is 3.76. The number of nitrogens with zero attached hydrogens (tertiary/aromatic N) is 1. The topological polar surface area (TPSA) is 43.7 Å². The zero-order valence-corrected chi connectivity index (χ0v) is 14.8. The first kappa shape index (κ1) is 18.1. The van der Waals surface area contributed by atoms with Crippen LogP contribution in [0.15, 0.2) is 48.5 Å². The van der Waals surface area contributed by atoms with Crippen LogP contribution < -0.4 is 0 Å². The molecule has 0 bridgehead atoms. The molecule has 2 aromatic rings. The summed E-state index contributed by atoms with van der Waals surface area (Å²) in [6.07, 6.45) is 1.19. The smallest absolute Gasteiger partial charge is 0.136 e. The number of halogens is 1. The monoisotopic (exact) mass is 343 g/mol. The van der Waals surface area contributed by atoms with E-state index < -0.39 is 11.8 Å². The maximum atomic E-state index is 13.3. The minimum absolute atomic E-state index is 0.272. The molecule has 0 radical (unpaired) electrons. The number of aliphatic hydroxyl groups excluding tert-OH is 1. The van der Waals surface area contributed by atoms with E-state index in [0.717, 1.165) is 42.6 Å². The van der Waals surface area contributed by atoms with E-state index in [4.69, 9.17) is 0 Å². The lowest BCUT2D eigenvalue weighted by molar-refractivity contribution is -0.144. The van der Waals surface area contributed by atoms with Gasteiger partial charge >= 0.3 is 0 Å². The number of likely N-dealkylation sites (tertiary alicyclic amines) is 1. The molecule has 0 spiro atoms. The molecule has 0 amide bonds. The highest BCUT2D eigenvalue weighted by Crippen LogP contribution is 2.38. The average molecular weight is 343 g/mol. The van der Waals surface area contributed by atoms with Crippen LogP contribution in [0.5, 0.6) is 0 Å². The molecular formula is C21H26FNO2. The van der Waals surface area contributed by atoms with E-state index in [1.54, 1.807) is 19.1 Å². The number of rotatable bonds is 5. The van der Waals surface area contributed by atoms with Gasteiger partial charge in [-0.05, 0) is 48.6 Å². The van der Waals surface area contributed by atoms with E-state index in [0.29, 0.717) is 0 Å². The normalized spacial score (nSPS) is 20.2. The van der Waals surface area contributed by atoms with E-state index in [9.17, 15) is 14.6 Å². The standard InChI is InChI=1S/C21H26FNO2/c1-15(21(2,25)20(24)23-13-5-6-14-23)18-7-3-4-8-19(18)16-9-11-17(22)12-10-16/h3-4,7-12,15,20,24-25H,5-6,13-14H2,1-2H3. The third-order valence-corrected chi connectivity index (χ3v) is 5.47. The van der Waals surface area contributed by atoms with Crippen molar-refractivity contribution in [1.82, 2.24) is 4.90 Å². The first-order chi connectivity index (χ1) is 11.9. The lowest BCUT2D eigenvalue weighted by Crippen LogP contribution is -2.53. The molecule has 3 unspecified atom stereocenters. The summed E-state index contributed by atoms with van der Waals surface area (Å²) in [5, 5.41) is 21.9. The highest BCUT2D eigenvalue weighted by Gasteiger charge is 2.41. The lowest BCUT2D eigenvalue weighted by Gasteiger charge is -2.40. The third-order valence-electron chi connectivity index (χ3n) is 5.47. The number of hydrogen-bond donors (Lipinski definition) is 2. The van der Waals surface area contributed by atoms with E-state index in [-0.39, 0.29) is 11.7 Å². The van der Waals surface area contributed by atoms with Gasteiger partial charge in [0.1, 0.15) is 17.6 Å². The molecule has 134 valence electrons. The maximum Gasteiger partial charge on any atom is 0.136 e. The van der Waals surface area contributed by atoms with Crippen molar-refractivity contribution in [3.8, 4) is 11.1 Å². The van der Waals surface area contributed by atoms with Crippen molar-refractivity contribution < 1.29 is 14.6 Å². The Labute approximate surface area is 148 Å². The van der Waals surface area contributed by atoms with Crippen molar-refractivity contribution in [2.24, 2.45) is 0 Å². The molecule has 3 nitrogen and oxygen atoms in total. The van der Waals surface area contributed by atoms with Gasteiger partial charge in [0.25, 0.3) is 0 Å².